The Morgan fingerprint density at radius 1 is 1.22 bits per heavy atom. The van der Waals surface area contributed by atoms with Crippen LogP contribution in [0, 0.1) is 6.92 Å². The van der Waals surface area contributed by atoms with E-state index in [9.17, 15) is 4.79 Å². The summed E-state index contributed by atoms with van der Waals surface area (Å²) in [4.78, 5) is 22.9. The van der Waals surface area contributed by atoms with Crippen LogP contribution in [0.4, 0.5) is 5.82 Å². The van der Waals surface area contributed by atoms with Crippen molar-refractivity contribution in [3.63, 3.8) is 0 Å². The number of aromatic nitrogens is 3. The van der Waals surface area contributed by atoms with Gasteiger partial charge in [0.15, 0.2) is 0 Å². The molecule has 0 bridgehead atoms. The van der Waals surface area contributed by atoms with E-state index in [4.69, 9.17) is 4.74 Å². The van der Waals surface area contributed by atoms with E-state index < -0.39 is 0 Å². The fourth-order valence-electron chi connectivity index (χ4n) is 2.69. The number of hydrogen-bond donors (Lipinski definition) is 0. The molecule has 3 aromatic heterocycles. The van der Waals surface area contributed by atoms with Gasteiger partial charge in [-0.15, -0.1) is 0 Å². The van der Waals surface area contributed by atoms with Gasteiger partial charge in [0.05, 0.1) is 13.1 Å². The smallest absolute Gasteiger partial charge is 0.259 e. The van der Waals surface area contributed by atoms with Crippen LogP contribution < -0.4 is 15.2 Å². The van der Waals surface area contributed by atoms with E-state index >= 15 is 0 Å². The zero-order valence-electron chi connectivity index (χ0n) is 12.7. The van der Waals surface area contributed by atoms with Crippen molar-refractivity contribution in [3.05, 3.63) is 64.8 Å². The van der Waals surface area contributed by atoms with Gasteiger partial charge in [-0.2, -0.15) is 0 Å². The predicted molar refractivity (Wildman–Crippen MR) is 87.1 cm³/mol. The van der Waals surface area contributed by atoms with Crippen LogP contribution in [0.3, 0.4) is 0 Å². The van der Waals surface area contributed by atoms with E-state index in [0.29, 0.717) is 11.5 Å². The molecule has 0 amide bonds. The number of aryl methyl sites for hydroxylation is 1. The quantitative estimate of drug-likeness (QED) is 0.736. The third-order valence-electron chi connectivity index (χ3n) is 3.90. The Morgan fingerprint density at radius 2 is 2.09 bits per heavy atom. The molecule has 0 aliphatic carbocycles. The van der Waals surface area contributed by atoms with Crippen molar-refractivity contribution in [1.29, 1.82) is 0 Å². The second-order valence-corrected chi connectivity index (χ2v) is 5.66. The van der Waals surface area contributed by atoms with Gasteiger partial charge in [0.1, 0.15) is 23.3 Å². The Hall–Kier alpha value is -2.89. The Morgan fingerprint density at radius 3 is 2.91 bits per heavy atom. The van der Waals surface area contributed by atoms with Crippen molar-refractivity contribution in [2.45, 2.75) is 13.0 Å². The maximum atomic E-state index is 12.1. The molecule has 0 saturated carbocycles. The molecule has 0 aromatic carbocycles. The lowest BCUT2D eigenvalue weighted by atomic mass is 10.1. The zero-order valence-corrected chi connectivity index (χ0v) is 12.7. The number of ether oxygens (including phenoxy) is 1. The average molecular weight is 308 g/mol. The second kappa shape index (κ2) is 5.39. The predicted octanol–water partition coefficient (Wildman–Crippen LogP) is 1.67. The van der Waals surface area contributed by atoms with E-state index in [0.717, 1.165) is 24.5 Å². The first-order chi connectivity index (χ1) is 11.2. The molecule has 23 heavy (non-hydrogen) atoms. The summed E-state index contributed by atoms with van der Waals surface area (Å²) in [5, 5.41) is 0. The Kier molecular flexibility index (Phi) is 3.22. The summed E-state index contributed by atoms with van der Waals surface area (Å²) >= 11 is 0. The zero-order chi connectivity index (χ0) is 15.8. The van der Waals surface area contributed by atoms with Gasteiger partial charge in [-0.05, 0) is 25.1 Å². The molecule has 0 radical (unpaired) electrons. The lowest BCUT2D eigenvalue weighted by Crippen LogP contribution is -2.54. The molecule has 0 N–H and O–H groups in total. The minimum Gasteiger partial charge on any atom is -0.487 e. The normalized spacial score (nSPS) is 14.7. The number of pyridine rings is 2. The van der Waals surface area contributed by atoms with Crippen molar-refractivity contribution in [3.8, 4) is 5.75 Å². The molecule has 4 heterocycles. The molecule has 6 heteroatoms. The molecule has 0 spiro atoms. The molecule has 116 valence electrons. The summed E-state index contributed by atoms with van der Waals surface area (Å²) in [7, 11) is 0. The summed E-state index contributed by atoms with van der Waals surface area (Å²) in [6.07, 6.45) is 3.57. The van der Waals surface area contributed by atoms with Gasteiger partial charge in [-0.1, -0.05) is 6.07 Å². The third kappa shape index (κ3) is 2.63. The summed E-state index contributed by atoms with van der Waals surface area (Å²) in [5.41, 5.74) is 1.52. The fourth-order valence-corrected chi connectivity index (χ4v) is 2.69. The van der Waals surface area contributed by atoms with Crippen LogP contribution in [0.15, 0.2) is 53.6 Å². The number of fused-ring (bicyclic) bond motifs is 1. The average Bonchev–Trinajstić information content (AvgIpc) is 2.50. The molecule has 3 aromatic rings. The standard InChI is InChI=1S/C17H16N4O2/c1-12-8-13(5-6-18-12)23-14-10-20(11-14)16-9-17(22)21-7-3-2-4-15(21)19-16/h2-9,14H,10-11H2,1H3. The molecule has 4 rings (SSSR count). The van der Waals surface area contributed by atoms with Crippen LogP contribution in [0.1, 0.15) is 5.69 Å². The number of rotatable bonds is 3. The largest absolute Gasteiger partial charge is 0.487 e. The van der Waals surface area contributed by atoms with Gasteiger partial charge in [0, 0.05) is 30.2 Å². The van der Waals surface area contributed by atoms with Crippen molar-refractivity contribution >= 4 is 11.5 Å². The molecule has 0 unspecified atom stereocenters. The maximum Gasteiger partial charge on any atom is 0.259 e. The highest BCUT2D eigenvalue weighted by molar-refractivity contribution is 5.50. The molecular formula is C17H16N4O2. The highest BCUT2D eigenvalue weighted by Crippen LogP contribution is 2.22. The first-order valence-corrected chi connectivity index (χ1v) is 7.52. The summed E-state index contributed by atoms with van der Waals surface area (Å²) in [6, 6.07) is 10.9. The van der Waals surface area contributed by atoms with Crippen LogP contribution in [0.2, 0.25) is 0 Å². The van der Waals surface area contributed by atoms with E-state index in [1.54, 1.807) is 18.5 Å². The maximum absolute atomic E-state index is 12.1. The van der Waals surface area contributed by atoms with Crippen LogP contribution in [0.5, 0.6) is 5.75 Å². The Balaban J connectivity index is 1.48. The third-order valence-corrected chi connectivity index (χ3v) is 3.90. The molecular weight excluding hydrogens is 292 g/mol. The fraction of sp³-hybridized carbons (Fsp3) is 0.235. The van der Waals surface area contributed by atoms with Crippen LogP contribution in [-0.4, -0.2) is 33.6 Å². The van der Waals surface area contributed by atoms with Crippen molar-refractivity contribution < 1.29 is 4.74 Å². The molecule has 1 fully saturated rings. The van der Waals surface area contributed by atoms with E-state index in [1.165, 1.54) is 4.40 Å². The monoisotopic (exact) mass is 308 g/mol. The van der Waals surface area contributed by atoms with E-state index in [2.05, 4.69) is 9.97 Å². The van der Waals surface area contributed by atoms with Crippen LogP contribution in [0.25, 0.3) is 5.65 Å². The second-order valence-electron chi connectivity index (χ2n) is 5.66. The molecule has 1 saturated heterocycles. The first-order valence-electron chi connectivity index (χ1n) is 7.52. The van der Waals surface area contributed by atoms with E-state index in [1.807, 2.05) is 42.2 Å². The van der Waals surface area contributed by atoms with Crippen LogP contribution >= 0.6 is 0 Å². The molecule has 0 atom stereocenters. The first kappa shape index (κ1) is 13.8. The van der Waals surface area contributed by atoms with Gasteiger partial charge in [-0.25, -0.2) is 4.98 Å². The highest BCUT2D eigenvalue weighted by Gasteiger charge is 2.30. The van der Waals surface area contributed by atoms with Crippen molar-refractivity contribution in [2.75, 3.05) is 18.0 Å². The van der Waals surface area contributed by atoms with Crippen molar-refractivity contribution in [1.82, 2.24) is 14.4 Å². The molecule has 1 aliphatic rings. The number of nitrogens with zero attached hydrogens (tertiary/aromatic N) is 4. The van der Waals surface area contributed by atoms with Crippen LogP contribution in [-0.2, 0) is 0 Å². The number of anilines is 1. The summed E-state index contributed by atoms with van der Waals surface area (Å²) in [6.45, 7) is 3.38. The number of hydrogen-bond acceptors (Lipinski definition) is 5. The van der Waals surface area contributed by atoms with Gasteiger partial charge in [0.25, 0.3) is 5.56 Å². The Labute approximate surface area is 133 Å². The topological polar surface area (TPSA) is 59.7 Å². The van der Waals surface area contributed by atoms with Gasteiger partial charge < -0.3 is 9.64 Å². The highest BCUT2D eigenvalue weighted by atomic mass is 16.5. The summed E-state index contributed by atoms with van der Waals surface area (Å²) < 4.78 is 7.45. The lowest BCUT2D eigenvalue weighted by molar-refractivity contribution is 0.166. The van der Waals surface area contributed by atoms with E-state index in [-0.39, 0.29) is 11.7 Å². The van der Waals surface area contributed by atoms with Gasteiger partial charge in [0.2, 0.25) is 0 Å². The minimum atomic E-state index is -0.0697. The molecule has 6 nitrogen and oxygen atoms in total. The van der Waals surface area contributed by atoms with Crippen molar-refractivity contribution in [2.24, 2.45) is 0 Å². The summed E-state index contributed by atoms with van der Waals surface area (Å²) in [5.74, 6) is 1.53. The SMILES string of the molecule is Cc1cc(OC2CN(c3cc(=O)n4ccccc4n3)C2)ccn1. The lowest BCUT2D eigenvalue weighted by Gasteiger charge is -2.39. The minimum absolute atomic E-state index is 0.0697. The van der Waals surface area contributed by atoms with Gasteiger partial charge in [-0.3, -0.25) is 14.2 Å². The molecule has 1 aliphatic heterocycles. The van der Waals surface area contributed by atoms with Gasteiger partial charge >= 0.3 is 0 Å². The Bertz CT molecular complexity index is 916.